The molecule has 0 saturated carbocycles. The second-order valence-electron chi connectivity index (χ2n) is 3.50. The number of methoxy groups -OCH3 is 1. The minimum Gasteiger partial charge on any atom is -0.495 e. The number of carbonyl (C=O) groups is 1. The highest BCUT2D eigenvalue weighted by molar-refractivity contribution is 7.86. The normalized spacial score (nSPS) is 11.1. The Labute approximate surface area is 99.0 Å². The molecule has 0 saturated heterocycles. The van der Waals surface area contributed by atoms with Crippen LogP contribution in [0.3, 0.4) is 0 Å². The fourth-order valence-electron chi connectivity index (χ4n) is 1.26. The molecule has 94 valence electrons. The van der Waals surface area contributed by atoms with Gasteiger partial charge in [0.1, 0.15) is 10.6 Å². The number of rotatable bonds is 3. The largest absolute Gasteiger partial charge is 0.495 e. The molecule has 1 rings (SSSR count). The predicted octanol–water partition coefficient (Wildman–Crippen LogP) is 1.06. The van der Waals surface area contributed by atoms with Crippen LogP contribution in [0.4, 0.5) is 3.89 Å². The van der Waals surface area contributed by atoms with Crippen LogP contribution in [-0.2, 0) is 10.2 Å². The maximum absolute atomic E-state index is 13.0. The Kier molecular flexibility index (Phi) is 3.72. The van der Waals surface area contributed by atoms with Gasteiger partial charge in [-0.3, -0.25) is 4.79 Å². The van der Waals surface area contributed by atoms with E-state index in [1.807, 2.05) is 0 Å². The van der Waals surface area contributed by atoms with Crippen molar-refractivity contribution in [3.63, 3.8) is 0 Å². The standard InChI is InChI=1S/C10H12FNO4S/c1-12(2)10(13)7-4-5-8(16-3)9(6-7)17(11,14)15/h4-6H,1-3H3. The topological polar surface area (TPSA) is 63.7 Å². The molecular weight excluding hydrogens is 249 g/mol. The third kappa shape index (κ3) is 2.94. The molecule has 0 aromatic heterocycles. The van der Waals surface area contributed by atoms with Crippen LogP contribution in [0.2, 0.25) is 0 Å². The van der Waals surface area contributed by atoms with Gasteiger partial charge in [0, 0.05) is 19.7 Å². The Balaban J connectivity index is 3.38. The van der Waals surface area contributed by atoms with Gasteiger partial charge < -0.3 is 9.64 Å². The zero-order chi connectivity index (χ0) is 13.2. The van der Waals surface area contributed by atoms with E-state index in [-0.39, 0.29) is 11.3 Å². The summed E-state index contributed by atoms with van der Waals surface area (Å²) in [6, 6.07) is 3.57. The molecule has 17 heavy (non-hydrogen) atoms. The first-order valence-electron chi connectivity index (χ1n) is 4.61. The van der Waals surface area contributed by atoms with Gasteiger partial charge in [-0.05, 0) is 18.2 Å². The van der Waals surface area contributed by atoms with Crippen molar-refractivity contribution in [1.82, 2.24) is 4.90 Å². The lowest BCUT2D eigenvalue weighted by molar-refractivity contribution is 0.0827. The summed E-state index contributed by atoms with van der Waals surface area (Å²) < 4.78 is 39.5. The highest BCUT2D eigenvalue weighted by Gasteiger charge is 2.21. The number of amides is 1. The molecule has 1 amide bonds. The molecule has 0 aliphatic carbocycles. The fourth-order valence-corrected chi connectivity index (χ4v) is 1.92. The average Bonchev–Trinajstić information content (AvgIpc) is 2.25. The van der Waals surface area contributed by atoms with Crippen LogP contribution < -0.4 is 4.74 Å². The predicted molar refractivity (Wildman–Crippen MR) is 59.3 cm³/mol. The van der Waals surface area contributed by atoms with E-state index in [0.29, 0.717) is 0 Å². The van der Waals surface area contributed by atoms with Crippen LogP contribution in [0.15, 0.2) is 23.1 Å². The second kappa shape index (κ2) is 4.70. The van der Waals surface area contributed by atoms with Crippen molar-refractivity contribution in [1.29, 1.82) is 0 Å². The second-order valence-corrected chi connectivity index (χ2v) is 4.82. The van der Waals surface area contributed by atoms with Gasteiger partial charge in [-0.25, -0.2) is 0 Å². The summed E-state index contributed by atoms with van der Waals surface area (Å²) in [6.45, 7) is 0. The maximum Gasteiger partial charge on any atom is 0.335 e. The molecule has 1 aromatic rings. The van der Waals surface area contributed by atoms with E-state index in [0.717, 1.165) is 6.07 Å². The molecule has 0 heterocycles. The van der Waals surface area contributed by atoms with Gasteiger partial charge in [0.2, 0.25) is 0 Å². The van der Waals surface area contributed by atoms with E-state index in [1.165, 1.54) is 38.2 Å². The van der Waals surface area contributed by atoms with Crippen molar-refractivity contribution >= 4 is 16.1 Å². The molecule has 0 aliphatic rings. The van der Waals surface area contributed by atoms with Gasteiger partial charge in [-0.15, -0.1) is 3.89 Å². The summed E-state index contributed by atoms with van der Waals surface area (Å²) in [5.74, 6) is -0.555. The Morgan fingerprint density at radius 3 is 2.35 bits per heavy atom. The Hall–Kier alpha value is -1.63. The lowest BCUT2D eigenvalue weighted by atomic mass is 10.2. The minimum atomic E-state index is -4.92. The van der Waals surface area contributed by atoms with Crippen LogP contribution in [0.1, 0.15) is 10.4 Å². The Bertz CT molecular complexity index is 539. The quantitative estimate of drug-likeness (QED) is 0.763. The molecule has 0 atom stereocenters. The third-order valence-electron chi connectivity index (χ3n) is 2.08. The van der Waals surface area contributed by atoms with Crippen LogP contribution >= 0.6 is 0 Å². The van der Waals surface area contributed by atoms with Gasteiger partial charge in [0.25, 0.3) is 5.91 Å². The highest BCUT2D eigenvalue weighted by atomic mass is 32.3. The zero-order valence-corrected chi connectivity index (χ0v) is 10.4. The van der Waals surface area contributed by atoms with Gasteiger partial charge in [-0.2, -0.15) is 8.42 Å². The lowest BCUT2D eigenvalue weighted by Crippen LogP contribution is -2.21. The first-order valence-corrected chi connectivity index (χ1v) is 6.00. The van der Waals surface area contributed by atoms with Crippen molar-refractivity contribution in [2.75, 3.05) is 21.2 Å². The SMILES string of the molecule is COc1ccc(C(=O)N(C)C)cc1S(=O)(=O)F. The van der Waals surface area contributed by atoms with Gasteiger partial charge in [-0.1, -0.05) is 0 Å². The molecule has 1 aromatic carbocycles. The molecule has 0 spiro atoms. The average molecular weight is 261 g/mol. The molecule has 0 radical (unpaired) electrons. The molecular formula is C10H12FNO4S. The first kappa shape index (κ1) is 13.4. The number of benzene rings is 1. The van der Waals surface area contributed by atoms with Crippen molar-refractivity contribution in [2.45, 2.75) is 4.90 Å². The van der Waals surface area contributed by atoms with Gasteiger partial charge >= 0.3 is 10.2 Å². The molecule has 0 fully saturated rings. The van der Waals surface area contributed by atoms with E-state index >= 15 is 0 Å². The van der Waals surface area contributed by atoms with E-state index < -0.39 is 21.0 Å². The number of carbonyl (C=O) groups excluding carboxylic acids is 1. The van der Waals surface area contributed by atoms with Crippen molar-refractivity contribution in [3.8, 4) is 5.75 Å². The zero-order valence-electron chi connectivity index (χ0n) is 9.60. The number of hydrogen-bond acceptors (Lipinski definition) is 4. The van der Waals surface area contributed by atoms with E-state index in [4.69, 9.17) is 4.74 Å². The van der Waals surface area contributed by atoms with Crippen molar-refractivity contribution in [2.24, 2.45) is 0 Å². The van der Waals surface area contributed by atoms with Crippen molar-refractivity contribution in [3.05, 3.63) is 23.8 Å². The number of nitrogens with zero attached hydrogens (tertiary/aromatic N) is 1. The lowest BCUT2D eigenvalue weighted by Gasteiger charge is -2.12. The molecule has 0 N–H and O–H groups in total. The highest BCUT2D eigenvalue weighted by Crippen LogP contribution is 2.26. The summed E-state index contributed by atoms with van der Waals surface area (Å²) in [6.07, 6.45) is 0. The molecule has 5 nitrogen and oxygen atoms in total. The number of ether oxygens (including phenoxy) is 1. The van der Waals surface area contributed by atoms with Crippen LogP contribution in [-0.4, -0.2) is 40.4 Å². The van der Waals surface area contributed by atoms with Gasteiger partial charge in [0.15, 0.2) is 0 Å². The summed E-state index contributed by atoms with van der Waals surface area (Å²) in [7, 11) is -0.683. The maximum atomic E-state index is 13.0. The smallest absolute Gasteiger partial charge is 0.335 e. The summed E-state index contributed by atoms with van der Waals surface area (Å²) in [5, 5.41) is 0. The number of halogens is 1. The number of hydrogen-bond donors (Lipinski definition) is 0. The molecule has 7 heteroatoms. The Morgan fingerprint density at radius 1 is 1.35 bits per heavy atom. The van der Waals surface area contributed by atoms with E-state index in [1.54, 1.807) is 0 Å². The minimum absolute atomic E-state index is 0.0759. The monoisotopic (exact) mass is 261 g/mol. The summed E-state index contributed by atoms with van der Waals surface area (Å²) >= 11 is 0. The molecule has 0 bridgehead atoms. The fraction of sp³-hybridized carbons (Fsp3) is 0.300. The summed E-state index contributed by atoms with van der Waals surface area (Å²) in [5.41, 5.74) is 0.0759. The molecule has 0 aliphatic heterocycles. The van der Waals surface area contributed by atoms with Crippen LogP contribution in [0, 0.1) is 0 Å². The van der Waals surface area contributed by atoms with Crippen molar-refractivity contribution < 1.29 is 21.8 Å². The van der Waals surface area contributed by atoms with E-state index in [2.05, 4.69) is 0 Å². The van der Waals surface area contributed by atoms with Crippen LogP contribution in [0.5, 0.6) is 5.75 Å². The third-order valence-corrected chi connectivity index (χ3v) is 2.92. The Morgan fingerprint density at radius 2 is 1.94 bits per heavy atom. The van der Waals surface area contributed by atoms with Gasteiger partial charge in [0.05, 0.1) is 7.11 Å². The summed E-state index contributed by atoms with van der Waals surface area (Å²) in [4.78, 5) is 12.2. The molecule has 0 unspecified atom stereocenters. The van der Waals surface area contributed by atoms with E-state index in [9.17, 15) is 17.1 Å². The van der Waals surface area contributed by atoms with Crippen LogP contribution in [0.25, 0.3) is 0 Å². The first-order chi connectivity index (χ1) is 7.77.